The standard InChI is InChI=1S/C15H23ClN2O3/c1-15(20,10-18(2)3)9-17-14(19)8-11-7-12(16)5-6-13(11)21-4/h5-7,20H,8-10H2,1-4H3,(H,17,19). The Hall–Kier alpha value is -1.30. The first-order valence-electron chi connectivity index (χ1n) is 6.70. The Morgan fingerprint density at radius 1 is 1.48 bits per heavy atom. The lowest BCUT2D eigenvalue weighted by Gasteiger charge is -2.27. The summed E-state index contributed by atoms with van der Waals surface area (Å²) in [6.45, 7) is 2.34. The van der Waals surface area contributed by atoms with Crippen molar-refractivity contribution in [1.82, 2.24) is 10.2 Å². The van der Waals surface area contributed by atoms with Crippen LogP contribution < -0.4 is 10.1 Å². The Bertz CT molecular complexity index is 490. The fourth-order valence-corrected chi connectivity index (χ4v) is 2.34. The van der Waals surface area contributed by atoms with Crippen molar-refractivity contribution < 1.29 is 14.6 Å². The zero-order valence-electron chi connectivity index (χ0n) is 12.9. The van der Waals surface area contributed by atoms with E-state index in [0.717, 1.165) is 5.56 Å². The van der Waals surface area contributed by atoms with Crippen molar-refractivity contribution in [3.05, 3.63) is 28.8 Å². The van der Waals surface area contributed by atoms with Crippen LogP contribution >= 0.6 is 11.6 Å². The molecule has 1 aromatic carbocycles. The van der Waals surface area contributed by atoms with E-state index in [1.54, 1.807) is 32.2 Å². The number of carbonyl (C=O) groups excluding carboxylic acids is 1. The molecule has 118 valence electrons. The lowest BCUT2D eigenvalue weighted by Crippen LogP contribution is -2.47. The number of likely N-dealkylation sites (N-methyl/N-ethyl adjacent to an activating group) is 1. The van der Waals surface area contributed by atoms with E-state index in [-0.39, 0.29) is 18.9 Å². The van der Waals surface area contributed by atoms with Crippen molar-refractivity contribution in [2.45, 2.75) is 18.9 Å². The monoisotopic (exact) mass is 314 g/mol. The number of halogens is 1. The summed E-state index contributed by atoms with van der Waals surface area (Å²) in [5, 5.41) is 13.4. The molecule has 5 nitrogen and oxygen atoms in total. The lowest BCUT2D eigenvalue weighted by molar-refractivity contribution is -0.121. The second-order valence-electron chi connectivity index (χ2n) is 5.64. The summed E-state index contributed by atoms with van der Waals surface area (Å²) >= 11 is 5.93. The molecule has 0 aliphatic rings. The van der Waals surface area contributed by atoms with E-state index in [2.05, 4.69) is 5.32 Å². The van der Waals surface area contributed by atoms with Gasteiger partial charge in [-0.05, 0) is 39.2 Å². The lowest BCUT2D eigenvalue weighted by atomic mass is 10.1. The number of carbonyl (C=O) groups is 1. The minimum Gasteiger partial charge on any atom is -0.496 e. The Kier molecular flexibility index (Phi) is 6.45. The third kappa shape index (κ3) is 6.33. The van der Waals surface area contributed by atoms with E-state index >= 15 is 0 Å². The summed E-state index contributed by atoms with van der Waals surface area (Å²) in [7, 11) is 5.28. The summed E-state index contributed by atoms with van der Waals surface area (Å²) in [4.78, 5) is 13.9. The SMILES string of the molecule is COc1ccc(Cl)cc1CC(=O)NCC(C)(O)CN(C)C. The van der Waals surface area contributed by atoms with Crippen molar-refractivity contribution in [3.8, 4) is 5.75 Å². The molecule has 1 aromatic rings. The van der Waals surface area contributed by atoms with Crippen LogP contribution in [0, 0.1) is 0 Å². The van der Waals surface area contributed by atoms with Crippen LogP contribution in [0.1, 0.15) is 12.5 Å². The topological polar surface area (TPSA) is 61.8 Å². The van der Waals surface area contributed by atoms with Gasteiger partial charge in [-0.1, -0.05) is 11.6 Å². The number of hydrogen-bond donors (Lipinski definition) is 2. The fourth-order valence-electron chi connectivity index (χ4n) is 2.15. The Morgan fingerprint density at radius 3 is 2.71 bits per heavy atom. The first kappa shape index (κ1) is 17.8. The molecule has 0 saturated heterocycles. The van der Waals surface area contributed by atoms with Gasteiger partial charge in [0.1, 0.15) is 5.75 Å². The molecule has 0 fully saturated rings. The Labute approximate surface area is 130 Å². The highest BCUT2D eigenvalue weighted by atomic mass is 35.5. The van der Waals surface area contributed by atoms with Gasteiger partial charge < -0.3 is 20.1 Å². The number of methoxy groups -OCH3 is 1. The average Bonchev–Trinajstić information content (AvgIpc) is 2.35. The minimum atomic E-state index is -0.975. The molecule has 1 amide bonds. The van der Waals surface area contributed by atoms with Crippen LogP contribution in [0.5, 0.6) is 5.75 Å². The third-order valence-corrected chi connectivity index (χ3v) is 3.15. The molecule has 6 heteroatoms. The van der Waals surface area contributed by atoms with Gasteiger partial charge in [-0.15, -0.1) is 0 Å². The van der Waals surface area contributed by atoms with Gasteiger partial charge in [0, 0.05) is 23.7 Å². The average molecular weight is 315 g/mol. The molecule has 1 unspecified atom stereocenters. The molecule has 21 heavy (non-hydrogen) atoms. The number of ether oxygens (including phenoxy) is 1. The van der Waals surface area contributed by atoms with Crippen LogP contribution in [-0.2, 0) is 11.2 Å². The number of nitrogens with one attached hydrogen (secondary N) is 1. The van der Waals surface area contributed by atoms with Crippen molar-refractivity contribution in [2.75, 3.05) is 34.3 Å². The zero-order chi connectivity index (χ0) is 16.0. The summed E-state index contributed by atoms with van der Waals surface area (Å²) in [5.74, 6) is 0.434. The first-order valence-corrected chi connectivity index (χ1v) is 7.07. The van der Waals surface area contributed by atoms with E-state index in [1.165, 1.54) is 0 Å². The maximum absolute atomic E-state index is 12.0. The van der Waals surface area contributed by atoms with Crippen LogP contribution in [0.2, 0.25) is 5.02 Å². The Morgan fingerprint density at radius 2 is 2.14 bits per heavy atom. The van der Waals surface area contributed by atoms with Gasteiger partial charge in [0.25, 0.3) is 0 Å². The normalized spacial score (nSPS) is 13.9. The van der Waals surface area contributed by atoms with Gasteiger partial charge in [0.2, 0.25) is 5.91 Å². The van der Waals surface area contributed by atoms with Crippen LogP contribution in [0.15, 0.2) is 18.2 Å². The number of hydrogen-bond acceptors (Lipinski definition) is 4. The molecule has 1 rings (SSSR count). The van der Waals surface area contributed by atoms with Crippen LogP contribution in [0.4, 0.5) is 0 Å². The molecule has 0 saturated carbocycles. The molecule has 0 aliphatic heterocycles. The summed E-state index contributed by atoms with van der Waals surface area (Å²) in [6, 6.07) is 5.15. The molecule has 0 spiro atoms. The number of aliphatic hydroxyl groups is 1. The number of nitrogens with zero attached hydrogens (tertiary/aromatic N) is 1. The van der Waals surface area contributed by atoms with Gasteiger partial charge in [0.05, 0.1) is 19.1 Å². The quantitative estimate of drug-likeness (QED) is 0.797. The van der Waals surface area contributed by atoms with Gasteiger partial charge in [-0.25, -0.2) is 0 Å². The van der Waals surface area contributed by atoms with Gasteiger partial charge >= 0.3 is 0 Å². The largest absolute Gasteiger partial charge is 0.496 e. The van der Waals surface area contributed by atoms with Gasteiger partial charge in [-0.2, -0.15) is 0 Å². The van der Waals surface area contributed by atoms with Crippen molar-refractivity contribution in [2.24, 2.45) is 0 Å². The predicted octanol–water partition coefficient (Wildman–Crippen LogP) is 1.32. The van der Waals surface area contributed by atoms with E-state index < -0.39 is 5.60 Å². The van der Waals surface area contributed by atoms with E-state index in [9.17, 15) is 9.90 Å². The predicted molar refractivity (Wildman–Crippen MR) is 83.9 cm³/mol. The van der Waals surface area contributed by atoms with Crippen LogP contribution in [0.3, 0.4) is 0 Å². The summed E-state index contributed by atoms with van der Waals surface area (Å²) in [6.07, 6.45) is 0.155. The smallest absolute Gasteiger partial charge is 0.224 e. The van der Waals surface area contributed by atoms with Crippen LogP contribution in [0.25, 0.3) is 0 Å². The number of benzene rings is 1. The minimum absolute atomic E-state index is 0.155. The second kappa shape index (κ2) is 7.64. The number of rotatable bonds is 7. The molecule has 0 aromatic heterocycles. The molecule has 2 N–H and O–H groups in total. The highest BCUT2D eigenvalue weighted by Crippen LogP contribution is 2.23. The van der Waals surface area contributed by atoms with E-state index in [4.69, 9.17) is 16.3 Å². The maximum Gasteiger partial charge on any atom is 0.224 e. The molecular weight excluding hydrogens is 292 g/mol. The van der Waals surface area contributed by atoms with E-state index in [0.29, 0.717) is 17.3 Å². The van der Waals surface area contributed by atoms with Crippen molar-refractivity contribution >= 4 is 17.5 Å². The molecule has 0 aliphatic carbocycles. The van der Waals surface area contributed by atoms with Crippen molar-refractivity contribution in [1.29, 1.82) is 0 Å². The molecule has 1 atom stereocenters. The first-order chi connectivity index (χ1) is 9.73. The van der Waals surface area contributed by atoms with E-state index in [1.807, 2.05) is 19.0 Å². The third-order valence-electron chi connectivity index (χ3n) is 2.92. The molecule has 0 heterocycles. The number of amides is 1. The summed E-state index contributed by atoms with van der Waals surface area (Å²) < 4.78 is 5.20. The highest BCUT2D eigenvalue weighted by molar-refractivity contribution is 6.30. The fraction of sp³-hybridized carbons (Fsp3) is 0.533. The molecule has 0 radical (unpaired) electrons. The van der Waals surface area contributed by atoms with Gasteiger partial charge in [-0.3, -0.25) is 4.79 Å². The van der Waals surface area contributed by atoms with Crippen molar-refractivity contribution in [3.63, 3.8) is 0 Å². The molecule has 0 bridgehead atoms. The maximum atomic E-state index is 12.0. The molecular formula is C15H23ClN2O3. The van der Waals surface area contributed by atoms with Crippen LogP contribution in [-0.4, -0.2) is 55.8 Å². The highest BCUT2D eigenvalue weighted by Gasteiger charge is 2.22. The van der Waals surface area contributed by atoms with Gasteiger partial charge in [0.15, 0.2) is 0 Å². The Balaban J connectivity index is 2.60. The summed E-state index contributed by atoms with van der Waals surface area (Å²) in [5.41, 5.74) is -0.257. The second-order valence-corrected chi connectivity index (χ2v) is 6.08. The zero-order valence-corrected chi connectivity index (χ0v) is 13.7.